The first kappa shape index (κ1) is 29.4. The monoisotopic (exact) mass is 632 g/mol. The van der Waals surface area contributed by atoms with Gasteiger partial charge in [-0.1, -0.05) is 54.6 Å². The van der Waals surface area contributed by atoms with Gasteiger partial charge in [0.15, 0.2) is 0 Å². The number of hydrogen-bond acceptors (Lipinski definition) is 6. The summed E-state index contributed by atoms with van der Waals surface area (Å²) in [5.74, 6) is 1.09. The van der Waals surface area contributed by atoms with Crippen molar-refractivity contribution in [3.63, 3.8) is 0 Å². The number of nitrogens with zero attached hydrogens (tertiary/aromatic N) is 4. The maximum absolute atomic E-state index is 13.5. The van der Waals surface area contributed by atoms with Gasteiger partial charge in [0.1, 0.15) is 24.7 Å². The molecule has 0 N–H and O–H groups in total. The molecule has 0 aromatic heterocycles. The van der Waals surface area contributed by atoms with Crippen LogP contribution in [0.1, 0.15) is 43.0 Å². The smallest absolute Gasteiger partial charge is 0.261 e. The maximum Gasteiger partial charge on any atom is 0.261 e. The van der Waals surface area contributed by atoms with E-state index in [0.717, 1.165) is 40.9 Å². The Morgan fingerprint density at radius 1 is 0.812 bits per heavy atom. The molecule has 8 heteroatoms. The average Bonchev–Trinajstić information content (AvgIpc) is 3.70. The number of ether oxygens (including phenoxy) is 2. The van der Waals surface area contributed by atoms with Crippen molar-refractivity contribution in [2.45, 2.75) is 32.1 Å². The summed E-state index contributed by atoms with van der Waals surface area (Å²) in [4.78, 5) is 39.4. The van der Waals surface area contributed by atoms with Crippen LogP contribution < -0.4 is 19.3 Å². The highest BCUT2D eigenvalue weighted by Crippen LogP contribution is 2.38. The Bertz CT molecular complexity index is 2120. The molecule has 48 heavy (non-hydrogen) atoms. The van der Waals surface area contributed by atoms with E-state index in [0.29, 0.717) is 53.8 Å². The Labute approximate surface area is 278 Å². The van der Waals surface area contributed by atoms with Gasteiger partial charge in [-0.2, -0.15) is 0 Å². The standard InChI is InChI=1S/C40H32N4O4/c1-41-35-21-31(13-15-33(35)39(45)43-18-17-28-9-2-4-11-37(28)43)47-24-26-7-6-8-27(19-26)25-48-32-14-16-34-36(22-32)42-23-30-20-29-10-3-5-12-38(29)44(30)40(34)46/h2-16,19,21-23,30H,1,17-18,20,24-25H2/t30-/m0/s1. The Hall–Kier alpha value is -6.02. The van der Waals surface area contributed by atoms with E-state index in [1.807, 2.05) is 83.9 Å². The van der Waals surface area contributed by atoms with Gasteiger partial charge in [0, 0.05) is 42.7 Å². The lowest BCUT2D eigenvalue weighted by Crippen LogP contribution is -2.37. The molecule has 0 saturated heterocycles. The van der Waals surface area contributed by atoms with E-state index in [-0.39, 0.29) is 17.9 Å². The number of rotatable bonds is 8. The molecule has 0 bridgehead atoms. The molecule has 8 nitrogen and oxygen atoms in total. The van der Waals surface area contributed by atoms with Gasteiger partial charge < -0.3 is 14.4 Å². The molecule has 5 aromatic rings. The number of aliphatic imine (C=N–C) groups is 2. The highest BCUT2D eigenvalue weighted by atomic mass is 16.5. The van der Waals surface area contributed by atoms with Crippen LogP contribution in [0.2, 0.25) is 0 Å². The van der Waals surface area contributed by atoms with E-state index >= 15 is 0 Å². The van der Waals surface area contributed by atoms with Crippen molar-refractivity contribution in [3.05, 3.63) is 143 Å². The minimum Gasteiger partial charge on any atom is -0.489 e. The predicted molar refractivity (Wildman–Crippen MR) is 188 cm³/mol. The van der Waals surface area contributed by atoms with Crippen molar-refractivity contribution in [1.82, 2.24) is 0 Å². The van der Waals surface area contributed by atoms with Crippen molar-refractivity contribution < 1.29 is 19.1 Å². The first-order chi connectivity index (χ1) is 23.6. The fourth-order valence-corrected chi connectivity index (χ4v) is 6.73. The maximum atomic E-state index is 13.5. The molecular weight excluding hydrogens is 600 g/mol. The zero-order valence-electron chi connectivity index (χ0n) is 26.2. The van der Waals surface area contributed by atoms with Gasteiger partial charge in [0.05, 0.1) is 28.5 Å². The van der Waals surface area contributed by atoms with Gasteiger partial charge in [-0.05, 0) is 77.9 Å². The Kier molecular flexibility index (Phi) is 7.53. The Morgan fingerprint density at radius 3 is 2.31 bits per heavy atom. The first-order valence-corrected chi connectivity index (χ1v) is 16.0. The summed E-state index contributed by atoms with van der Waals surface area (Å²) >= 11 is 0. The number of benzene rings is 5. The molecule has 3 heterocycles. The summed E-state index contributed by atoms with van der Waals surface area (Å²) in [5.41, 5.74) is 8.31. The molecule has 3 aliphatic heterocycles. The number of carbonyl (C=O) groups is 2. The second-order valence-electron chi connectivity index (χ2n) is 12.1. The third-order valence-electron chi connectivity index (χ3n) is 9.12. The molecule has 1 atom stereocenters. The summed E-state index contributed by atoms with van der Waals surface area (Å²) in [6.45, 7) is 5.01. The summed E-state index contributed by atoms with van der Waals surface area (Å²) in [5, 5.41) is 0. The Balaban J connectivity index is 0.911. The van der Waals surface area contributed by atoms with Gasteiger partial charge >= 0.3 is 0 Å². The summed E-state index contributed by atoms with van der Waals surface area (Å²) in [7, 11) is 0. The van der Waals surface area contributed by atoms with Gasteiger partial charge in [-0.25, -0.2) is 0 Å². The third kappa shape index (κ3) is 5.41. The van der Waals surface area contributed by atoms with Crippen LogP contribution in [0.5, 0.6) is 11.5 Å². The van der Waals surface area contributed by atoms with Crippen LogP contribution in [0.3, 0.4) is 0 Å². The first-order valence-electron chi connectivity index (χ1n) is 16.0. The fourth-order valence-electron chi connectivity index (χ4n) is 6.73. The molecule has 0 aliphatic carbocycles. The zero-order valence-corrected chi connectivity index (χ0v) is 26.2. The van der Waals surface area contributed by atoms with E-state index in [4.69, 9.17) is 9.47 Å². The van der Waals surface area contributed by atoms with Gasteiger partial charge in [0.2, 0.25) is 0 Å². The number of fused-ring (bicyclic) bond motifs is 5. The average molecular weight is 633 g/mol. The third-order valence-corrected chi connectivity index (χ3v) is 9.12. The van der Waals surface area contributed by atoms with Crippen LogP contribution >= 0.6 is 0 Å². The molecule has 0 saturated carbocycles. The number of anilines is 2. The molecule has 3 aliphatic rings. The second-order valence-corrected chi connectivity index (χ2v) is 12.1. The Morgan fingerprint density at radius 2 is 1.52 bits per heavy atom. The molecule has 5 aromatic carbocycles. The van der Waals surface area contributed by atoms with E-state index in [1.54, 1.807) is 29.2 Å². The van der Waals surface area contributed by atoms with Crippen molar-refractivity contribution in [3.8, 4) is 11.5 Å². The van der Waals surface area contributed by atoms with E-state index < -0.39 is 0 Å². The number of para-hydroxylation sites is 2. The van der Waals surface area contributed by atoms with Crippen LogP contribution in [0.4, 0.5) is 22.7 Å². The number of amides is 2. The number of hydrogen-bond donors (Lipinski definition) is 0. The van der Waals surface area contributed by atoms with E-state index in [1.165, 1.54) is 5.56 Å². The summed E-state index contributed by atoms with van der Waals surface area (Å²) in [6.07, 6.45) is 3.46. The van der Waals surface area contributed by atoms with E-state index in [2.05, 4.69) is 28.8 Å². The fraction of sp³-hybridized carbons (Fsp3) is 0.150. The number of carbonyl (C=O) groups excluding carboxylic acids is 2. The normalized spacial score (nSPS) is 15.7. The van der Waals surface area contributed by atoms with Crippen LogP contribution in [-0.4, -0.2) is 37.3 Å². The molecule has 0 unspecified atom stereocenters. The van der Waals surface area contributed by atoms with Crippen LogP contribution in [-0.2, 0) is 26.1 Å². The zero-order chi connectivity index (χ0) is 32.6. The molecule has 236 valence electrons. The van der Waals surface area contributed by atoms with Gasteiger partial charge in [0.25, 0.3) is 11.8 Å². The lowest BCUT2D eigenvalue weighted by atomic mass is 10.1. The predicted octanol–water partition coefficient (Wildman–Crippen LogP) is 7.67. The SMILES string of the molecule is C=Nc1cc(OCc2cccc(COc3ccc4c(c3)N=C[C@@H]3Cc5ccccc5N3C4=O)c2)ccc1C(=O)N1CCc2ccccc21. The molecular formula is C40H32N4O4. The molecule has 0 fully saturated rings. The van der Waals surface area contributed by atoms with Gasteiger partial charge in [-0.3, -0.25) is 24.5 Å². The second kappa shape index (κ2) is 12.3. The molecule has 0 radical (unpaired) electrons. The van der Waals surface area contributed by atoms with Crippen molar-refractivity contribution in [1.29, 1.82) is 0 Å². The largest absolute Gasteiger partial charge is 0.489 e. The summed E-state index contributed by atoms with van der Waals surface area (Å²) in [6, 6.07) is 34.7. The molecule has 2 amide bonds. The highest BCUT2D eigenvalue weighted by Gasteiger charge is 2.36. The lowest BCUT2D eigenvalue weighted by molar-refractivity contribution is 0.0980. The minimum absolute atomic E-state index is 0.0497. The highest BCUT2D eigenvalue weighted by molar-refractivity contribution is 6.14. The van der Waals surface area contributed by atoms with Crippen LogP contribution in [0, 0.1) is 0 Å². The summed E-state index contributed by atoms with van der Waals surface area (Å²) < 4.78 is 12.2. The van der Waals surface area contributed by atoms with Crippen LogP contribution in [0.25, 0.3) is 0 Å². The quantitative estimate of drug-likeness (QED) is 0.164. The van der Waals surface area contributed by atoms with Crippen molar-refractivity contribution >= 4 is 47.5 Å². The van der Waals surface area contributed by atoms with Crippen molar-refractivity contribution in [2.24, 2.45) is 9.98 Å². The van der Waals surface area contributed by atoms with Crippen LogP contribution in [0.15, 0.2) is 119 Å². The van der Waals surface area contributed by atoms with E-state index in [9.17, 15) is 9.59 Å². The lowest BCUT2D eigenvalue weighted by Gasteiger charge is -2.21. The van der Waals surface area contributed by atoms with Gasteiger partial charge in [-0.15, -0.1) is 0 Å². The molecule has 8 rings (SSSR count). The molecule has 0 spiro atoms. The topological polar surface area (TPSA) is 83.8 Å². The minimum atomic E-state index is -0.0967. The van der Waals surface area contributed by atoms with Crippen molar-refractivity contribution in [2.75, 3.05) is 16.3 Å².